The zero-order chi connectivity index (χ0) is 24.2. The molecular formula is C23H25F3N4O3. The summed E-state index contributed by atoms with van der Waals surface area (Å²) in [4.78, 5) is 44.1. The Morgan fingerprint density at radius 1 is 1.12 bits per heavy atom. The van der Waals surface area contributed by atoms with E-state index in [-0.39, 0.29) is 25.5 Å². The lowest BCUT2D eigenvalue weighted by Crippen LogP contribution is -2.53. The Labute approximate surface area is 189 Å². The third-order valence-corrected chi connectivity index (χ3v) is 5.27. The summed E-state index contributed by atoms with van der Waals surface area (Å²) in [5, 5.41) is 2.81. The number of hydrogen-bond acceptors (Lipinski definition) is 5. The van der Waals surface area contributed by atoms with Gasteiger partial charge >= 0.3 is 6.18 Å². The summed E-state index contributed by atoms with van der Waals surface area (Å²) in [6.07, 6.45) is -2.44. The molecule has 0 spiro atoms. The number of piperazine rings is 1. The molecule has 3 amide bonds. The molecule has 0 radical (unpaired) electrons. The molecule has 33 heavy (non-hydrogen) atoms. The minimum Gasteiger partial charge on any atom is -0.352 e. The lowest BCUT2D eigenvalue weighted by molar-refractivity contribution is -0.138. The van der Waals surface area contributed by atoms with Crippen LogP contribution in [0, 0.1) is 5.92 Å². The van der Waals surface area contributed by atoms with Gasteiger partial charge in [-0.25, -0.2) is 4.98 Å². The summed E-state index contributed by atoms with van der Waals surface area (Å²) in [6, 6.07) is 7.60. The highest BCUT2D eigenvalue weighted by atomic mass is 19.4. The highest BCUT2D eigenvalue weighted by Gasteiger charge is 2.38. The van der Waals surface area contributed by atoms with Gasteiger partial charge in [-0.05, 0) is 36.6 Å². The third kappa shape index (κ3) is 5.88. The average Bonchev–Trinajstić information content (AvgIpc) is 2.78. The number of imide groups is 1. The van der Waals surface area contributed by atoms with Crippen molar-refractivity contribution in [3.8, 4) is 0 Å². The number of anilines is 1. The molecule has 176 valence electrons. The standard InChI is InChI=1S/C23H25F3N4O3/c1-15(2)9-10-27-21(32)16-7-8-19(28-13-16)29-11-12-30(20(31)14-29)22(33)17-5-3-4-6-18(17)23(24,25)26/h3-8,13,15H,9-12,14H2,1-2H3,(H,27,32). The van der Waals surface area contributed by atoms with E-state index in [2.05, 4.69) is 24.1 Å². The Balaban J connectivity index is 1.65. The van der Waals surface area contributed by atoms with Gasteiger partial charge in [0.25, 0.3) is 11.8 Å². The second-order valence-electron chi connectivity index (χ2n) is 8.16. The maximum atomic E-state index is 13.2. The molecule has 1 aliphatic heterocycles. The average molecular weight is 462 g/mol. The lowest BCUT2D eigenvalue weighted by Gasteiger charge is -2.34. The Hall–Kier alpha value is -3.43. The van der Waals surface area contributed by atoms with E-state index in [1.165, 1.54) is 18.3 Å². The number of rotatable bonds is 6. The first-order chi connectivity index (χ1) is 15.6. The van der Waals surface area contributed by atoms with E-state index in [4.69, 9.17) is 0 Å². The largest absolute Gasteiger partial charge is 0.417 e. The topological polar surface area (TPSA) is 82.6 Å². The van der Waals surface area contributed by atoms with Crippen LogP contribution in [0.1, 0.15) is 46.5 Å². The van der Waals surface area contributed by atoms with Crippen molar-refractivity contribution in [1.29, 1.82) is 0 Å². The van der Waals surface area contributed by atoms with Crippen molar-refractivity contribution in [2.45, 2.75) is 26.4 Å². The summed E-state index contributed by atoms with van der Waals surface area (Å²) in [5.74, 6) is -0.945. The number of carbonyl (C=O) groups is 3. The van der Waals surface area contributed by atoms with E-state index in [1.54, 1.807) is 17.0 Å². The molecule has 10 heteroatoms. The van der Waals surface area contributed by atoms with Crippen molar-refractivity contribution < 1.29 is 27.6 Å². The number of hydrogen-bond donors (Lipinski definition) is 1. The van der Waals surface area contributed by atoms with Gasteiger partial charge in [-0.15, -0.1) is 0 Å². The van der Waals surface area contributed by atoms with Crippen molar-refractivity contribution >= 4 is 23.5 Å². The molecule has 1 aromatic carbocycles. The van der Waals surface area contributed by atoms with Gasteiger partial charge in [0.15, 0.2) is 0 Å². The summed E-state index contributed by atoms with van der Waals surface area (Å²) >= 11 is 0. The molecule has 1 fully saturated rings. The minimum atomic E-state index is -4.70. The van der Waals surface area contributed by atoms with Crippen molar-refractivity contribution in [3.05, 3.63) is 59.3 Å². The van der Waals surface area contributed by atoms with Crippen LogP contribution < -0.4 is 10.2 Å². The Kier molecular flexibility index (Phi) is 7.35. The molecule has 0 unspecified atom stereocenters. The van der Waals surface area contributed by atoms with Crippen LogP contribution in [0.4, 0.5) is 19.0 Å². The summed E-state index contributed by atoms with van der Waals surface area (Å²) in [6.45, 7) is 4.59. The van der Waals surface area contributed by atoms with Crippen molar-refractivity contribution in [3.63, 3.8) is 0 Å². The number of halogens is 3. The number of benzene rings is 1. The molecule has 2 heterocycles. The first-order valence-electron chi connectivity index (χ1n) is 10.6. The predicted molar refractivity (Wildman–Crippen MR) is 116 cm³/mol. The third-order valence-electron chi connectivity index (χ3n) is 5.27. The Morgan fingerprint density at radius 3 is 2.45 bits per heavy atom. The van der Waals surface area contributed by atoms with Crippen molar-refractivity contribution in [1.82, 2.24) is 15.2 Å². The number of nitrogens with one attached hydrogen (secondary N) is 1. The van der Waals surface area contributed by atoms with Gasteiger partial charge in [-0.1, -0.05) is 26.0 Å². The molecule has 1 aromatic heterocycles. The molecule has 7 nitrogen and oxygen atoms in total. The number of alkyl halides is 3. The van der Waals surface area contributed by atoms with Gasteiger partial charge in [-0.2, -0.15) is 13.2 Å². The van der Waals surface area contributed by atoms with Crippen LogP contribution in [0.2, 0.25) is 0 Å². The molecule has 0 saturated carbocycles. The highest BCUT2D eigenvalue weighted by Crippen LogP contribution is 2.32. The fourth-order valence-electron chi connectivity index (χ4n) is 3.43. The van der Waals surface area contributed by atoms with Gasteiger partial charge < -0.3 is 10.2 Å². The normalized spacial score (nSPS) is 14.5. The summed E-state index contributed by atoms with van der Waals surface area (Å²) < 4.78 is 39.7. The van der Waals surface area contributed by atoms with Crippen LogP contribution in [0.25, 0.3) is 0 Å². The molecule has 0 aliphatic carbocycles. The van der Waals surface area contributed by atoms with Crippen molar-refractivity contribution in [2.24, 2.45) is 5.92 Å². The predicted octanol–water partition coefficient (Wildman–Crippen LogP) is 3.37. The monoisotopic (exact) mass is 462 g/mol. The lowest BCUT2D eigenvalue weighted by atomic mass is 10.1. The summed E-state index contributed by atoms with van der Waals surface area (Å²) in [7, 11) is 0. The van der Waals surface area contributed by atoms with Crippen LogP contribution in [0.3, 0.4) is 0 Å². The summed E-state index contributed by atoms with van der Waals surface area (Å²) in [5.41, 5.74) is -1.25. The molecule has 1 aliphatic rings. The quantitative estimate of drug-likeness (QED) is 0.666. The van der Waals surface area contributed by atoms with Gasteiger partial charge in [-0.3, -0.25) is 19.3 Å². The molecule has 1 N–H and O–H groups in total. The number of nitrogens with zero attached hydrogens (tertiary/aromatic N) is 3. The second kappa shape index (κ2) is 10.0. The van der Waals surface area contributed by atoms with E-state index in [0.717, 1.165) is 23.5 Å². The zero-order valence-electron chi connectivity index (χ0n) is 18.4. The maximum absolute atomic E-state index is 13.2. The maximum Gasteiger partial charge on any atom is 0.417 e. The minimum absolute atomic E-state index is 0.0804. The van der Waals surface area contributed by atoms with Crippen LogP contribution in [-0.2, 0) is 11.0 Å². The van der Waals surface area contributed by atoms with E-state index in [1.807, 2.05) is 0 Å². The zero-order valence-corrected chi connectivity index (χ0v) is 18.4. The van der Waals surface area contributed by atoms with Crippen LogP contribution in [-0.4, -0.2) is 53.8 Å². The Morgan fingerprint density at radius 2 is 1.85 bits per heavy atom. The second-order valence-corrected chi connectivity index (χ2v) is 8.16. The van der Waals surface area contributed by atoms with Gasteiger partial charge in [0.05, 0.1) is 23.2 Å². The Bertz CT molecular complexity index is 1020. The molecular weight excluding hydrogens is 437 g/mol. The fraction of sp³-hybridized carbons (Fsp3) is 0.391. The van der Waals surface area contributed by atoms with Gasteiger partial charge in [0, 0.05) is 25.8 Å². The highest BCUT2D eigenvalue weighted by molar-refractivity contribution is 6.07. The van der Waals surface area contributed by atoms with Gasteiger partial charge in [0.1, 0.15) is 5.82 Å². The number of amides is 3. The smallest absolute Gasteiger partial charge is 0.352 e. The van der Waals surface area contributed by atoms with Crippen LogP contribution in [0.5, 0.6) is 0 Å². The fourth-order valence-corrected chi connectivity index (χ4v) is 3.43. The van der Waals surface area contributed by atoms with E-state index in [9.17, 15) is 27.6 Å². The van der Waals surface area contributed by atoms with Gasteiger partial charge in [0.2, 0.25) is 5.91 Å². The van der Waals surface area contributed by atoms with E-state index < -0.39 is 29.1 Å². The molecule has 0 bridgehead atoms. The van der Waals surface area contributed by atoms with E-state index >= 15 is 0 Å². The number of carbonyl (C=O) groups excluding carboxylic acids is 3. The number of pyridine rings is 1. The number of aromatic nitrogens is 1. The van der Waals surface area contributed by atoms with Crippen LogP contribution >= 0.6 is 0 Å². The molecule has 0 atom stereocenters. The SMILES string of the molecule is CC(C)CCNC(=O)c1ccc(N2CCN(C(=O)c3ccccc3C(F)(F)F)C(=O)C2)nc1. The molecule has 3 rings (SSSR count). The molecule has 2 aromatic rings. The first kappa shape index (κ1) is 24.2. The first-order valence-corrected chi connectivity index (χ1v) is 10.6. The van der Waals surface area contributed by atoms with Crippen molar-refractivity contribution in [2.75, 3.05) is 31.1 Å². The molecule has 1 saturated heterocycles. The van der Waals surface area contributed by atoms with E-state index in [0.29, 0.717) is 23.8 Å². The van der Waals surface area contributed by atoms with Crippen LogP contribution in [0.15, 0.2) is 42.6 Å².